The smallest absolute Gasteiger partial charge is 0.157 e. The van der Waals surface area contributed by atoms with E-state index in [0.717, 1.165) is 28.0 Å². The van der Waals surface area contributed by atoms with E-state index in [0.29, 0.717) is 11.2 Å². The lowest BCUT2D eigenvalue weighted by Gasteiger charge is -2.11. The van der Waals surface area contributed by atoms with E-state index in [9.17, 15) is 5.26 Å². The van der Waals surface area contributed by atoms with Crippen molar-refractivity contribution in [2.24, 2.45) is 0 Å². The molecule has 5 heteroatoms. The van der Waals surface area contributed by atoms with Gasteiger partial charge in [0.1, 0.15) is 6.07 Å². The summed E-state index contributed by atoms with van der Waals surface area (Å²) in [6.45, 7) is 3.90. The first-order valence-corrected chi connectivity index (χ1v) is 7.97. The van der Waals surface area contributed by atoms with E-state index in [1.54, 1.807) is 0 Å². The third kappa shape index (κ3) is 2.20. The maximum Gasteiger partial charge on any atom is 0.157 e. The molecule has 2 aromatic heterocycles. The number of aryl methyl sites for hydroxylation is 1. The molecular formula is C17H14N4S. The molecule has 0 fully saturated rings. The van der Waals surface area contributed by atoms with Gasteiger partial charge in [0, 0.05) is 0 Å². The normalized spacial score (nSPS) is 12.2. The Labute approximate surface area is 133 Å². The summed E-state index contributed by atoms with van der Waals surface area (Å²) in [6.07, 6.45) is 0.761. The van der Waals surface area contributed by atoms with Crippen molar-refractivity contribution >= 4 is 28.4 Å². The minimum absolute atomic E-state index is 0.165. The van der Waals surface area contributed by atoms with E-state index in [2.05, 4.69) is 17.1 Å². The highest BCUT2D eigenvalue weighted by Crippen LogP contribution is 2.31. The van der Waals surface area contributed by atoms with Crippen LogP contribution < -0.4 is 0 Å². The number of benzene rings is 1. The molecule has 1 aromatic carbocycles. The second-order valence-corrected chi connectivity index (χ2v) is 6.36. The summed E-state index contributed by atoms with van der Waals surface area (Å²) in [4.78, 5) is 4.63. The van der Waals surface area contributed by atoms with Crippen molar-refractivity contribution in [3.05, 3.63) is 41.5 Å². The fourth-order valence-electron chi connectivity index (χ4n) is 2.54. The summed E-state index contributed by atoms with van der Waals surface area (Å²) in [5, 5.41) is 19.4. The molecule has 0 amide bonds. The summed E-state index contributed by atoms with van der Waals surface area (Å²) in [7, 11) is 0. The monoisotopic (exact) mass is 306 g/mol. The first kappa shape index (κ1) is 14.4. The van der Waals surface area contributed by atoms with E-state index in [4.69, 9.17) is 5.26 Å². The molecular weight excluding hydrogens is 292 g/mol. The van der Waals surface area contributed by atoms with Crippen LogP contribution in [-0.2, 0) is 6.42 Å². The van der Waals surface area contributed by atoms with Crippen LogP contribution in [0.4, 0.5) is 0 Å². The molecule has 0 radical (unpaired) electrons. The highest BCUT2D eigenvalue weighted by Gasteiger charge is 2.17. The largest absolute Gasteiger partial charge is 0.286 e. The average Bonchev–Trinajstić information content (AvgIpc) is 2.93. The summed E-state index contributed by atoms with van der Waals surface area (Å²) < 4.78 is 1.99. The Hall–Kier alpha value is -2.50. The van der Waals surface area contributed by atoms with Gasteiger partial charge in [-0.05, 0) is 37.1 Å². The lowest BCUT2D eigenvalue weighted by molar-refractivity contribution is 1.00. The van der Waals surface area contributed by atoms with Crippen molar-refractivity contribution in [1.82, 2.24) is 9.38 Å². The van der Waals surface area contributed by atoms with Gasteiger partial charge < -0.3 is 0 Å². The van der Waals surface area contributed by atoms with Gasteiger partial charge in [0.25, 0.3) is 0 Å². The van der Waals surface area contributed by atoms with Gasteiger partial charge in [-0.25, -0.2) is 4.98 Å². The molecule has 3 aromatic rings. The van der Waals surface area contributed by atoms with Gasteiger partial charge in [-0.1, -0.05) is 30.8 Å². The van der Waals surface area contributed by atoms with Crippen molar-refractivity contribution in [3.8, 4) is 12.1 Å². The van der Waals surface area contributed by atoms with Crippen LogP contribution in [0, 0.1) is 22.7 Å². The molecule has 0 aliphatic carbocycles. The van der Waals surface area contributed by atoms with Gasteiger partial charge >= 0.3 is 0 Å². The lowest BCUT2D eigenvalue weighted by Crippen LogP contribution is -2.01. The van der Waals surface area contributed by atoms with Crippen LogP contribution in [0.5, 0.6) is 0 Å². The highest BCUT2D eigenvalue weighted by atomic mass is 32.2. The summed E-state index contributed by atoms with van der Waals surface area (Å²) in [5.74, 6) is 0. The zero-order chi connectivity index (χ0) is 15.7. The average molecular weight is 306 g/mol. The number of aromatic nitrogens is 2. The Morgan fingerprint density at radius 3 is 2.77 bits per heavy atom. The first-order chi connectivity index (χ1) is 10.7. The van der Waals surface area contributed by atoms with E-state index in [-0.39, 0.29) is 5.25 Å². The van der Waals surface area contributed by atoms with E-state index in [1.807, 2.05) is 48.6 Å². The van der Waals surface area contributed by atoms with Crippen molar-refractivity contribution in [3.63, 3.8) is 0 Å². The van der Waals surface area contributed by atoms with Crippen LogP contribution in [0.15, 0.2) is 35.4 Å². The molecule has 108 valence electrons. The Kier molecular flexibility index (Phi) is 3.75. The molecule has 0 unspecified atom stereocenters. The fourth-order valence-corrected chi connectivity index (χ4v) is 3.46. The number of nitrogens with zero attached hydrogens (tertiary/aromatic N) is 4. The van der Waals surface area contributed by atoms with Crippen LogP contribution >= 0.6 is 11.8 Å². The molecule has 0 aliphatic heterocycles. The minimum Gasteiger partial charge on any atom is -0.286 e. The van der Waals surface area contributed by atoms with Crippen molar-refractivity contribution in [2.75, 3.05) is 0 Å². The second-order valence-electron chi connectivity index (χ2n) is 5.00. The molecule has 4 nitrogen and oxygen atoms in total. The number of pyridine rings is 1. The molecule has 22 heavy (non-hydrogen) atoms. The zero-order valence-electron chi connectivity index (χ0n) is 12.4. The number of imidazole rings is 1. The third-order valence-electron chi connectivity index (χ3n) is 3.60. The first-order valence-electron chi connectivity index (χ1n) is 7.09. The Bertz CT molecular complexity index is 943. The Morgan fingerprint density at radius 2 is 2.09 bits per heavy atom. The van der Waals surface area contributed by atoms with E-state index in [1.165, 1.54) is 11.8 Å². The highest BCUT2D eigenvalue weighted by molar-refractivity contribution is 8.00. The van der Waals surface area contributed by atoms with Gasteiger partial charge in [0.15, 0.2) is 5.65 Å². The molecule has 0 saturated carbocycles. The number of rotatable bonds is 3. The summed E-state index contributed by atoms with van der Waals surface area (Å²) >= 11 is 1.49. The molecule has 0 N–H and O–H groups in total. The number of nitriles is 2. The van der Waals surface area contributed by atoms with Crippen molar-refractivity contribution in [2.45, 2.75) is 30.5 Å². The lowest BCUT2D eigenvalue weighted by atomic mass is 10.1. The number of fused-ring (bicyclic) bond motifs is 3. The molecule has 0 saturated heterocycles. The summed E-state index contributed by atoms with van der Waals surface area (Å²) in [6, 6.07) is 14.4. The Morgan fingerprint density at radius 1 is 1.32 bits per heavy atom. The van der Waals surface area contributed by atoms with Crippen LogP contribution in [0.25, 0.3) is 16.7 Å². The standard InChI is InChI=1S/C17H14N4S/c1-3-12-8-16(22-11(2)9-18)21-15-7-5-4-6-14(15)20-17(21)13(12)10-19/h4-8,11H,3H2,1-2H3/t11-/m1/s1. The number of hydrogen-bond donors (Lipinski definition) is 0. The molecule has 1 atom stereocenters. The number of thioether (sulfide) groups is 1. The summed E-state index contributed by atoms with van der Waals surface area (Å²) in [5.41, 5.74) is 4.09. The van der Waals surface area contributed by atoms with Gasteiger partial charge in [-0.3, -0.25) is 4.40 Å². The van der Waals surface area contributed by atoms with Crippen molar-refractivity contribution in [1.29, 1.82) is 10.5 Å². The molecule has 2 heterocycles. The van der Waals surface area contributed by atoms with Crippen LogP contribution in [0.2, 0.25) is 0 Å². The van der Waals surface area contributed by atoms with E-state index < -0.39 is 0 Å². The molecule has 3 rings (SSSR count). The maximum atomic E-state index is 9.53. The number of hydrogen-bond acceptors (Lipinski definition) is 4. The van der Waals surface area contributed by atoms with E-state index >= 15 is 0 Å². The molecule has 0 spiro atoms. The quantitative estimate of drug-likeness (QED) is 0.688. The Balaban J connectivity index is 2.43. The maximum absolute atomic E-state index is 9.53. The van der Waals surface area contributed by atoms with Gasteiger partial charge in [0.05, 0.1) is 32.9 Å². The second kappa shape index (κ2) is 5.71. The van der Waals surface area contributed by atoms with Gasteiger partial charge in [-0.15, -0.1) is 0 Å². The van der Waals surface area contributed by atoms with Crippen LogP contribution in [-0.4, -0.2) is 14.6 Å². The van der Waals surface area contributed by atoms with Crippen LogP contribution in [0.1, 0.15) is 25.0 Å². The van der Waals surface area contributed by atoms with Crippen LogP contribution in [0.3, 0.4) is 0 Å². The third-order valence-corrected chi connectivity index (χ3v) is 4.60. The topological polar surface area (TPSA) is 64.9 Å². The number of para-hydroxylation sites is 2. The predicted octanol–water partition coefficient (Wildman–Crippen LogP) is 3.93. The fraction of sp³-hybridized carbons (Fsp3) is 0.235. The predicted molar refractivity (Wildman–Crippen MR) is 87.7 cm³/mol. The zero-order valence-corrected chi connectivity index (χ0v) is 13.2. The SMILES string of the molecule is CCc1cc(S[C@H](C)C#N)n2c(nc3ccccc32)c1C#N. The molecule has 0 bridgehead atoms. The van der Waals surface area contributed by atoms with Crippen molar-refractivity contribution < 1.29 is 0 Å². The van der Waals surface area contributed by atoms with Gasteiger partial charge in [-0.2, -0.15) is 10.5 Å². The minimum atomic E-state index is -0.165. The van der Waals surface area contributed by atoms with Gasteiger partial charge in [0.2, 0.25) is 0 Å². The molecule has 0 aliphatic rings.